The van der Waals surface area contributed by atoms with Crippen LogP contribution in [0.1, 0.15) is 41.6 Å². The third-order valence-corrected chi connectivity index (χ3v) is 6.95. The monoisotopic (exact) mass is 372 g/mol. The number of para-hydroxylation sites is 1. The third kappa shape index (κ3) is 3.81. The highest BCUT2D eigenvalue weighted by Crippen LogP contribution is 2.27. The van der Waals surface area contributed by atoms with Crippen LogP contribution in [0.2, 0.25) is 0 Å². The van der Waals surface area contributed by atoms with Crippen LogP contribution >= 0.6 is 0 Å². The minimum atomic E-state index is -3.53. The number of benzene rings is 2. The number of hydrogen-bond donors (Lipinski definition) is 1. The van der Waals surface area contributed by atoms with E-state index >= 15 is 0 Å². The maximum atomic E-state index is 12.8. The van der Waals surface area contributed by atoms with Crippen LogP contribution in [-0.2, 0) is 10.0 Å². The van der Waals surface area contributed by atoms with Gasteiger partial charge in [-0.1, -0.05) is 31.0 Å². The van der Waals surface area contributed by atoms with Crippen molar-refractivity contribution in [3.05, 3.63) is 59.7 Å². The zero-order valence-electron chi connectivity index (χ0n) is 15.1. The van der Waals surface area contributed by atoms with E-state index in [4.69, 9.17) is 0 Å². The van der Waals surface area contributed by atoms with Crippen molar-refractivity contribution in [2.24, 2.45) is 0 Å². The van der Waals surface area contributed by atoms with Gasteiger partial charge < -0.3 is 5.32 Å². The quantitative estimate of drug-likeness (QED) is 0.868. The Kier molecular flexibility index (Phi) is 5.44. The zero-order valence-corrected chi connectivity index (χ0v) is 15.9. The molecule has 0 spiro atoms. The summed E-state index contributed by atoms with van der Waals surface area (Å²) in [6, 6.07) is 13.7. The molecule has 1 aliphatic rings. The number of sulfonamides is 1. The van der Waals surface area contributed by atoms with Crippen molar-refractivity contribution in [3.8, 4) is 0 Å². The van der Waals surface area contributed by atoms with Crippen LogP contribution in [0.3, 0.4) is 0 Å². The molecule has 0 aliphatic heterocycles. The number of nitrogens with one attached hydrogen (secondary N) is 1. The van der Waals surface area contributed by atoms with Crippen LogP contribution in [0.4, 0.5) is 5.69 Å². The van der Waals surface area contributed by atoms with Gasteiger partial charge in [-0.25, -0.2) is 8.42 Å². The molecule has 3 rings (SSSR count). The fourth-order valence-electron chi connectivity index (χ4n) is 3.32. The van der Waals surface area contributed by atoms with Gasteiger partial charge in [0.05, 0.1) is 4.90 Å². The van der Waals surface area contributed by atoms with E-state index < -0.39 is 10.0 Å². The number of carbonyl (C=O) groups is 1. The van der Waals surface area contributed by atoms with Gasteiger partial charge in [0.2, 0.25) is 10.0 Å². The third-order valence-electron chi connectivity index (χ3n) is 5.03. The van der Waals surface area contributed by atoms with Crippen molar-refractivity contribution >= 4 is 21.6 Å². The van der Waals surface area contributed by atoms with E-state index in [9.17, 15) is 13.2 Å². The predicted molar refractivity (Wildman–Crippen MR) is 103 cm³/mol. The molecule has 0 atom stereocenters. The standard InChI is InChI=1S/C20H24N2O3S/c1-15-7-3-6-10-19(15)21-20(23)16-11-13-18(14-12-16)26(24,25)22(2)17-8-4-5-9-17/h3,6-7,10-14,17H,4-5,8-9H2,1-2H3,(H,21,23). The molecule has 0 bridgehead atoms. The second-order valence-corrected chi connectivity index (χ2v) is 8.75. The van der Waals surface area contributed by atoms with Gasteiger partial charge in [-0.05, 0) is 55.7 Å². The summed E-state index contributed by atoms with van der Waals surface area (Å²) < 4.78 is 27.0. The van der Waals surface area contributed by atoms with Crippen molar-refractivity contribution in [2.75, 3.05) is 12.4 Å². The van der Waals surface area contributed by atoms with E-state index in [0.717, 1.165) is 36.9 Å². The number of anilines is 1. The minimum Gasteiger partial charge on any atom is -0.322 e. The Bertz CT molecular complexity index is 886. The molecule has 1 aliphatic carbocycles. The molecule has 0 saturated heterocycles. The van der Waals surface area contributed by atoms with Crippen LogP contribution in [0.25, 0.3) is 0 Å². The fraction of sp³-hybridized carbons (Fsp3) is 0.350. The highest BCUT2D eigenvalue weighted by Gasteiger charge is 2.30. The molecule has 0 aromatic heterocycles. The summed E-state index contributed by atoms with van der Waals surface area (Å²) in [5.74, 6) is -0.257. The number of hydrogen-bond acceptors (Lipinski definition) is 3. The van der Waals surface area contributed by atoms with E-state index in [1.807, 2.05) is 31.2 Å². The smallest absolute Gasteiger partial charge is 0.255 e. The Morgan fingerprint density at radius 2 is 1.65 bits per heavy atom. The van der Waals surface area contributed by atoms with Crippen LogP contribution in [0.5, 0.6) is 0 Å². The predicted octanol–water partition coefficient (Wildman–Crippen LogP) is 3.81. The lowest BCUT2D eigenvalue weighted by Gasteiger charge is -2.23. The molecule has 0 radical (unpaired) electrons. The summed E-state index contributed by atoms with van der Waals surface area (Å²) in [7, 11) is -1.89. The van der Waals surface area contributed by atoms with Crippen molar-refractivity contribution in [1.82, 2.24) is 4.31 Å². The van der Waals surface area contributed by atoms with E-state index in [1.54, 1.807) is 19.2 Å². The molecule has 5 nitrogen and oxygen atoms in total. The zero-order chi connectivity index (χ0) is 18.7. The SMILES string of the molecule is Cc1ccccc1NC(=O)c1ccc(S(=O)(=O)N(C)C2CCCC2)cc1. The Labute approximate surface area is 155 Å². The topological polar surface area (TPSA) is 66.5 Å². The van der Waals surface area contributed by atoms with Crippen LogP contribution in [0.15, 0.2) is 53.4 Å². The van der Waals surface area contributed by atoms with Gasteiger partial charge in [-0.2, -0.15) is 4.31 Å². The largest absolute Gasteiger partial charge is 0.322 e. The van der Waals surface area contributed by atoms with E-state index in [0.29, 0.717) is 5.56 Å². The number of amides is 1. The summed E-state index contributed by atoms with van der Waals surface area (Å²) >= 11 is 0. The Morgan fingerprint density at radius 1 is 1.04 bits per heavy atom. The maximum absolute atomic E-state index is 12.8. The highest BCUT2D eigenvalue weighted by molar-refractivity contribution is 7.89. The molecule has 138 valence electrons. The van der Waals surface area contributed by atoms with Crippen LogP contribution < -0.4 is 5.32 Å². The number of carbonyl (C=O) groups excluding carboxylic acids is 1. The molecule has 0 unspecified atom stereocenters. The van der Waals surface area contributed by atoms with Gasteiger partial charge in [0.1, 0.15) is 0 Å². The van der Waals surface area contributed by atoms with Crippen molar-refractivity contribution in [2.45, 2.75) is 43.5 Å². The summed E-state index contributed by atoms with van der Waals surface area (Å²) in [5.41, 5.74) is 2.14. The average molecular weight is 372 g/mol. The first kappa shape index (κ1) is 18.6. The van der Waals surface area contributed by atoms with Gasteiger partial charge in [0, 0.05) is 24.3 Å². The van der Waals surface area contributed by atoms with Crippen molar-refractivity contribution < 1.29 is 13.2 Å². The summed E-state index contributed by atoms with van der Waals surface area (Å²) in [5, 5.41) is 2.85. The van der Waals surface area contributed by atoms with Gasteiger partial charge in [-0.3, -0.25) is 4.79 Å². The summed E-state index contributed by atoms with van der Waals surface area (Å²) in [4.78, 5) is 12.6. The van der Waals surface area contributed by atoms with E-state index in [-0.39, 0.29) is 16.8 Å². The molecule has 1 N–H and O–H groups in total. The molecule has 1 saturated carbocycles. The Balaban J connectivity index is 1.75. The molecule has 2 aromatic rings. The molecule has 0 heterocycles. The molecule has 26 heavy (non-hydrogen) atoms. The van der Waals surface area contributed by atoms with Gasteiger partial charge in [0.15, 0.2) is 0 Å². The number of aryl methyl sites for hydroxylation is 1. The minimum absolute atomic E-state index is 0.0732. The van der Waals surface area contributed by atoms with Gasteiger partial charge in [-0.15, -0.1) is 0 Å². The summed E-state index contributed by atoms with van der Waals surface area (Å²) in [6.45, 7) is 1.92. The lowest BCUT2D eigenvalue weighted by atomic mass is 10.1. The summed E-state index contributed by atoms with van der Waals surface area (Å²) in [6.07, 6.45) is 3.96. The highest BCUT2D eigenvalue weighted by atomic mass is 32.2. The maximum Gasteiger partial charge on any atom is 0.255 e. The molecule has 1 fully saturated rings. The fourth-order valence-corrected chi connectivity index (χ4v) is 4.73. The molecule has 2 aromatic carbocycles. The number of rotatable bonds is 5. The van der Waals surface area contributed by atoms with Gasteiger partial charge in [0.25, 0.3) is 5.91 Å². The van der Waals surface area contributed by atoms with E-state index in [1.165, 1.54) is 16.4 Å². The van der Waals surface area contributed by atoms with Crippen molar-refractivity contribution in [1.29, 1.82) is 0 Å². The number of nitrogens with zero attached hydrogens (tertiary/aromatic N) is 1. The van der Waals surface area contributed by atoms with Crippen LogP contribution in [-0.4, -0.2) is 31.7 Å². The normalized spacial score (nSPS) is 15.3. The first-order valence-electron chi connectivity index (χ1n) is 8.84. The Hall–Kier alpha value is -2.18. The molecule has 6 heteroatoms. The lowest BCUT2D eigenvalue weighted by molar-refractivity contribution is 0.102. The molecule has 1 amide bonds. The molecular formula is C20H24N2O3S. The first-order chi connectivity index (χ1) is 12.4. The average Bonchev–Trinajstić information content (AvgIpc) is 3.17. The van der Waals surface area contributed by atoms with Gasteiger partial charge >= 0.3 is 0 Å². The van der Waals surface area contributed by atoms with E-state index in [2.05, 4.69) is 5.32 Å². The first-order valence-corrected chi connectivity index (χ1v) is 10.3. The van der Waals surface area contributed by atoms with Crippen molar-refractivity contribution in [3.63, 3.8) is 0 Å². The molecular weight excluding hydrogens is 348 g/mol. The Morgan fingerprint density at radius 3 is 2.27 bits per heavy atom. The second-order valence-electron chi connectivity index (χ2n) is 6.75. The lowest BCUT2D eigenvalue weighted by Crippen LogP contribution is -2.35. The van der Waals surface area contributed by atoms with Crippen LogP contribution in [0, 0.1) is 6.92 Å². The second kappa shape index (κ2) is 7.60.